The third-order valence-corrected chi connectivity index (χ3v) is 20.1. The number of aliphatic hydroxyl groups is 4. The molecule has 4 saturated carbocycles. The summed E-state index contributed by atoms with van der Waals surface area (Å²) in [6, 6.07) is 15.3. The fourth-order valence-electron chi connectivity index (χ4n) is 14.4. The highest BCUT2D eigenvalue weighted by Gasteiger charge is 2.70. The molecule has 62 heavy (non-hydrogen) atoms. The molecule has 0 aromatic heterocycles. The quantitative estimate of drug-likeness (QED) is 0.131. The normalized spacial score (nSPS) is 39.1. The van der Waals surface area contributed by atoms with Crippen molar-refractivity contribution in [3.63, 3.8) is 0 Å². The summed E-state index contributed by atoms with van der Waals surface area (Å²) in [7, 11) is -2.47. The van der Waals surface area contributed by atoms with Gasteiger partial charge in [0, 0.05) is 18.5 Å². The maximum Gasteiger partial charge on any atom is 0.243 e. The number of aliphatic hydroxyl groups excluding tert-OH is 4. The molecule has 11 heteroatoms. The van der Waals surface area contributed by atoms with Crippen molar-refractivity contribution in [1.82, 2.24) is 9.62 Å². The predicted octanol–water partition coefficient (Wildman–Crippen LogP) is 7.39. The molecule has 1 amide bonds. The second kappa shape index (κ2) is 17.2. The molecule has 10 nitrogen and oxygen atoms in total. The summed E-state index contributed by atoms with van der Waals surface area (Å²) in [6.07, 6.45) is 6.03. The standard InChI is InChI=1S/C51H76N2O8S/c1-32(2)29-53(62(59,60)37-17-15-36(61-9)16-18-37)30-41(56)39(27-35-13-11-10-12-14-35)52-46(58)51-24-21-33(3)34(4)44(51)38-19-20-43-47(5)28-40(55)45(57)48(6,31-54)42(47)22-23-50(43,8)49(38,7)25-26-51/h10-19,32-34,39-45,54-57H,20-31H2,1-9H3,(H,52,58)/t33-,34+,39+,40-,41-,42-,43-,44+,45-,47+,48+,49-,50-,51+/m1/s1. The SMILES string of the molecule is COc1ccc(S(=O)(=O)N(CC(C)C)C[C@@H](O)[C@H](Cc2ccccc2)NC(=O)[C@]23CC[C@@H](C)[C@H](C)[C@H]2C2=CC[C@@H]4[C@@]5(C)C[C@@H](O)[C@@H](O)[C@@](C)(CO)[C@@H]5CC[C@@]4(C)[C@]2(C)CC3)cc1. The Bertz CT molecular complexity index is 2060. The topological polar surface area (TPSA) is 157 Å². The second-order valence-electron chi connectivity index (χ2n) is 21.9. The molecule has 5 aliphatic carbocycles. The lowest BCUT2D eigenvalue weighted by molar-refractivity contribution is -0.243. The van der Waals surface area contributed by atoms with Gasteiger partial charge in [-0.05, 0) is 139 Å². The minimum Gasteiger partial charge on any atom is -0.497 e. The summed E-state index contributed by atoms with van der Waals surface area (Å²) in [5.41, 5.74) is 0.186. The summed E-state index contributed by atoms with van der Waals surface area (Å²) in [5, 5.41) is 49.1. The third kappa shape index (κ3) is 7.60. The Balaban J connectivity index is 1.23. The monoisotopic (exact) mass is 877 g/mol. The number of amides is 1. The number of benzene rings is 2. The fraction of sp³-hybridized carbons (Fsp3) is 0.706. The van der Waals surface area contributed by atoms with Crippen LogP contribution in [0.2, 0.25) is 0 Å². The molecule has 0 radical (unpaired) electrons. The molecule has 0 heterocycles. The zero-order valence-corrected chi connectivity index (χ0v) is 39.6. The lowest BCUT2D eigenvalue weighted by Gasteiger charge is -2.72. The number of fused-ring (bicyclic) bond motifs is 7. The Labute approximate surface area is 372 Å². The molecule has 5 N–H and O–H groups in total. The highest BCUT2D eigenvalue weighted by Crippen LogP contribution is 2.75. The average Bonchev–Trinajstić information content (AvgIpc) is 3.24. The van der Waals surface area contributed by atoms with Crippen molar-refractivity contribution in [1.29, 1.82) is 0 Å². The van der Waals surface area contributed by atoms with E-state index in [0.29, 0.717) is 30.9 Å². The molecule has 0 unspecified atom stereocenters. The van der Waals surface area contributed by atoms with E-state index in [2.05, 4.69) is 46.0 Å². The van der Waals surface area contributed by atoms with Crippen molar-refractivity contribution in [3.8, 4) is 5.75 Å². The van der Waals surface area contributed by atoms with Crippen molar-refractivity contribution < 1.29 is 38.4 Å². The van der Waals surface area contributed by atoms with Gasteiger partial charge in [0.15, 0.2) is 0 Å². The molecule has 0 aliphatic heterocycles. The van der Waals surface area contributed by atoms with Gasteiger partial charge < -0.3 is 30.5 Å². The molecule has 2 aromatic rings. The number of rotatable bonds is 13. The smallest absolute Gasteiger partial charge is 0.243 e. The number of sulfonamides is 1. The van der Waals surface area contributed by atoms with Crippen LogP contribution < -0.4 is 10.1 Å². The largest absolute Gasteiger partial charge is 0.497 e. The van der Waals surface area contributed by atoms with Crippen LogP contribution in [0.3, 0.4) is 0 Å². The number of carbonyl (C=O) groups is 1. The Morgan fingerprint density at radius 3 is 2.23 bits per heavy atom. The zero-order chi connectivity index (χ0) is 45.2. The molecule has 5 aliphatic rings. The van der Waals surface area contributed by atoms with Crippen molar-refractivity contribution in [2.24, 2.45) is 62.6 Å². The highest BCUT2D eigenvalue weighted by molar-refractivity contribution is 7.89. The highest BCUT2D eigenvalue weighted by atomic mass is 32.2. The van der Waals surface area contributed by atoms with E-state index in [9.17, 15) is 28.8 Å². The molecule has 0 saturated heterocycles. The van der Waals surface area contributed by atoms with Crippen LogP contribution in [-0.4, -0.2) is 90.2 Å². The van der Waals surface area contributed by atoms with Crippen LogP contribution in [0.5, 0.6) is 5.75 Å². The Morgan fingerprint density at radius 1 is 0.919 bits per heavy atom. The van der Waals surface area contributed by atoms with Gasteiger partial charge in [-0.25, -0.2) is 8.42 Å². The van der Waals surface area contributed by atoms with Crippen molar-refractivity contribution in [2.75, 3.05) is 26.8 Å². The molecule has 7 rings (SSSR count). The van der Waals surface area contributed by atoms with E-state index in [-0.39, 0.29) is 76.3 Å². The van der Waals surface area contributed by atoms with Crippen LogP contribution in [0.1, 0.15) is 112 Å². The van der Waals surface area contributed by atoms with E-state index in [1.54, 1.807) is 12.1 Å². The first-order valence-electron chi connectivity index (χ1n) is 23.5. The zero-order valence-electron chi connectivity index (χ0n) is 38.8. The maximum atomic E-state index is 15.5. The van der Waals surface area contributed by atoms with Gasteiger partial charge in [0.2, 0.25) is 15.9 Å². The van der Waals surface area contributed by atoms with E-state index < -0.39 is 45.2 Å². The van der Waals surface area contributed by atoms with Gasteiger partial charge in [-0.2, -0.15) is 4.31 Å². The number of hydrogen-bond acceptors (Lipinski definition) is 8. The van der Waals surface area contributed by atoms with Gasteiger partial charge in [0.05, 0.1) is 48.4 Å². The molecular weight excluding hydrogens is 801 g/mol. The fourth-order valence-corrected chi connectivity index (χ4v) is 16.0. The van der Waals surface area contributed by atoms with E-state index in [4.69, 9.17) is 4.74 Å². The van der Waals surface area contributed by atoms with Gasteiger partial charge in [0.25, 0.3) is 0 Å². The number of carbonyl (C=O) groups excluding carboxylic acids is 1. The van der Waals surface area contributed by atoms with E-state index in [0.717, 1.165) is 44.1 Å². The minimum absolute atomic E-state index is 0.0165. The lowest BCUT2D eigenvalue weighted by Crippen LogP contribution is -2.68. The van der Waals surface area contributed by atoms with Crippen molar-refractivity contribution in [2.45, 2.75) is 142 Å². The number of allylic oxidation sites excluding steroid dienone is 2. The summed E-state index contributed by atoms with van der Waals surface area (Å²) < 4.78 is 35.1. The molecule has 0 spiro atoms. The number of hydrogen-bond donors (Lipinski definition) is 5. The van der Waals surface area contributed by atoms with Crippen LogP contribution in [0.25, 0.3) is 0 Å². The Kier molecular flexibility index (Phi) is 13.1. The lowest BCUT2D eigenvalue weighted by atomic mass is 9.33. The number of nitrogens with zero attached hydrogens (tertiary/aromatic N) is 1. The van der Waals surface area contributed by atoms with Crippen LogP contribution in [0.15, 0.2) is 71.1 Å². The molecule has 0 bridgehead atoms. The average molecular weight is 877 g/mol. The van der Waals surface area contributed by atoms with Gasteiger partial charge in [-0.3, -0.25) is 4.79 Å². The maximum absolute atomic E-state index is 15.5. The molecule has 344 valence electrons. The van der Waals surface area contributed by atoms with E-state index in [1.807, 2.05) is 51.1 Å². The summed E-state index contributed by atoms with van der Waals surface area (Å²) in [5.74, 6) is 1.38. The summed E-state index contributed by atoms with van der Waals surface area (Å²) >= 11 is 0. The molecule has 4 fully saturated rings. The van der Waals surface area contributed by atoms with Crippen molar-refractivity contribution >= 4 is 15.9 Å². The number of methoxy groups -OCH3 is 1. The van der Waals surface area contributed by atoms with E-state index in [1.165, 1.54) is 29.1 Å². The van der Waals surface area contributed by atoms with Crippen LogP contribution in [-0.2, 0) is 21.2 Å². The summed E-state index contributed by atoms with van der Waals surface area (Å²) in [4.78, 5) is 15.7. The number of ether oxygens (including phenoxy) is 1. The summed E-state index contributed by atoms with van der Waals surface area (Å²) in [6.45, 7) is 17.6. The van der Waals surface area contributed by atoms with Gasteiger partial charge >= 0.3 is 0 Å². The number of nitrogens with one attached hydrogen (secondary N) is 1. The Morgan fingerprint density at radius 2 is 1.60 bits per heavy atom. The Hall–Kier alpha value is -2.80. The van der Waals surface area contributed by atoms with Crippen molar-refractivity contribution in [3.05, 3.63) is 71.8 Å². The predicted molar refractivity (Wildman–Crippen MR) is 242 cm³/mol. The van der Waals surface area contributed by atoms with Gasteiger partial charge in [-0.1, -0.05) is 97.4 Å². The first kappa shape index (κ1) is 47.2. The van der Waals surface area contributed by atoms with E-state index >= 15 is 4.79 Å². The first-order valence-corrected chi connectivity index (χ1v) is 24.9. The van der Waals surface area contributed by atoms with Crippen LogP contribution in [0.4, 0.5) is 0 Å². The molecular formula is C51H76N2O8S. The molecule has 14 atom stereocenters. The molecule has 2 aromatic carbocycles. The van der Waals surface area contributed by atoms with Crippen LogP contribution in [0, 0.1) is 62.6 Å². The third-order valence-electron chi connectivity index (χ3n) is 18.3. The van der Waals surface area contributed by atoms with Gasteiger partial charge in [0.1, 0.15) is 5.75 Å². The van der Waals surface area contributed by atoms with Crippen LogP contribution >= 0.6 is 0 Å². The minimum atomic E-state index is -4.01. The first-order chi connectivity index (χ1) is 29.1. The van der Waals surface area contributed by atoms with Gasteiger partial charge in [-0.15, -0.1) is 0 Å². The second-order valence-corrected chi connectivity index (χ2v) is 23.8.